The smallest absolute Gasteiger partial charge is 0.226 e. The number of carbonyl (C=O) groups excluding carboxylic acids is 1. The molecule has 5 heteroatoms. The number of carbonyl (C=O) groups is 1. The number of thiazole rings is 1. The second-order valence-electron chi connectivity index (χ2n) is 6.65. The predicted octanol–water partition coefficient (Wildman–Crippen LogP) is 4.93. The van der Waals surface area contributed by atoms with E-state index in [0.717, 1.165) is 29.0 Å². The first-order valence-electron chi connectivity index (χ1n) is 8.97. The Kier molecular flexibility index (Phi) is 6.24. The van der Waals surface area contributed by atoms with Crippen LogP contribution in [0.1, 0.15) is 33.6 Å². The van der Waals surface area contributed by atoms with Crippen molar-refractivity contribution in [1.82, 2.24) is 4.98 Å². The van der Waals surface area contributed by atoms with Crippen LogP contribution in [-0.4, -0.2) is 18.0 Å². The number of nitrogens with zero attached hydrogens (tertiary/aromatic N) is 1. The molecule has 0 aliphatic carbocycles. The Balaban J connectivity index is 1.53. The van der Waals surface area contributed by atoms with Gasteiger partial charge in [-0.25, -0.2) is 4.98 Å². The maximum Gasteiger partial charge on any atom is 0.226 e. The molecule has 0 fully saturated rings. The van der Waals surface area contributed by atoms with E-state index < -0.39 is 0 Å². The summed E-state index contributed by atoms with van der Waals surface area (Å²) in [5.41, 5.74) is 4.72. The zero-order chi connectivity index (χ0) is 19.2. The number of rotatable bonds is 7. The minimum absolute atomic E-state index is 0.00299. The minimum Gasteiger partial charge on any atom is -0.496 e. The lowest BCUT2D eigenvalue weighted by atomic mass is 10.1. The van der Waals surface area contributed by atoms with Gasteiger partial charge in [-0.05, 0) is 43.0 Å². The van der Waals surface area contributed by atoms with E-state index in [-0.39, 0.29) is 5.91 Å². The van der Waals surface area contributed by atoms with Gasteiger partial charge in [0, 0.05) is 23.9 Å². The lowest BCUT2D eigenvalue weighted by Gasteiger charge is -2.06. The highest BCUT2D eigenvalue weighted by Crippen LogP contribution is 2.24. The highest BCUT2D eigenvalue weighted by atomic mass is 32.1. The van der Waals surface area contributed by atoms with Crippen molar-refractivity contribution >= 4 is 22.4 Å². The third-order valence-electron chi connectivity index (χ3n) is 4.40. The molecule has 0 saturated carbocycles. The summed E-state index contributed by atoms with van der Waals surface area (Å²) in [6.45, 7) is 4.10. The van der Waals surface area contributed by atoms with Gasteiger partial charge < -0.3 is 10.1 Å². The highest BCUT2D eigenvalue weighted by Gasteiger charge is 2.09. The maximum atomic E-state index is 12.2. The molecule has 0 unspecified atom stereocenters. The molecule has 0 aliphatic rings. The Morgan fingerprint density at radius 1 is 1.11 bits per heavy atom. The van der Waals surface area contributed by atoms with Crippen LogP contribution in [0.2, 0.25) is 0 Å². The second kappa shape index (κ2) is 8.82. The number of benzene rings is 2. The number of ether oxygens (including phenoxy) is 1. The van der Waals surface area contributed by atoms with E-state index in [2.05, 4.69) is 53.6 Å². The summed E-state index contributed by atoms with van der Waals surface area (Å²) in [6, 6.07) is 14.5. The van der Waals surface area contributed by atoms with Crippen LogP contribution < -0.4 is 10.1 Å². The number of aryl methyl sites for hydroxylation is 3. The Bertz CT molecular complexity index is 916. The van der Waals surface area contributed by atoms with Gasteiger partial charge in [0.1, 0.15) is 5.75 Å². The zero-order valence-corrected chi connectivity index (χ0v) is 16.7. The van der Waals surface area contributed by atoms with Crippen molar-refractivity contribution in [1.29, 1.82) is 0 Å². The topological polar surface area (TPSA) is 51.2 Å². The third kappa shape index (κ3) is 5.41. The lowest BCUT2D eigenvalue weighted by molar-refractivity contribution is -0.116. The van der Waals surface area contributed by atoms with Crippen LogP contribution in [0.3, 0.4) is 0 Å². The second-order valence-corrected chi connectivity index (χ2v) is 7.76. The number of methoxy groups -OCH3 is 1. The van der Waals surface area contributed by atoms with E-state index in [1.807, 2.05) is 19.2 Å². The number of anilines is 1. The number of hydrogen-bond donors (Lipinski definition) is 1. The highest BCUT2D eigenvalue weighted by molar-refractivity contribution is 7.15. The molecular weight excluding hydrogens is 356 g/mol. The van der Waals surface area contributed by atoms with E-state index in [4.69, 9.17) is 4.74 Å². The van der Waals surface area contributed by atoms with Crippen LogP contribution in [0.4, 0.5) is 5.13 Å². The van der Waals surface area contributed by atoms with Crippen molar-refractivity contribution in [3.63, 3.8) is 0 Å². The molecular formula is C22H24N2O2S. The molecule has 1 heterocycles. The van der Waals surface area contributed by atoms with Crippen LogP contribution >= 0.6 is 11.3 Å². The molecule has 2 aromatic carbocycles. The summed E-state index contributed by atoms with van der Waals surface area (Å²) in [5.74, 6) is 0.890. The van der Waals surface area contributed by atoms with Gasteiger partial charge in [0.05, 0.1) is 7.11 Å². The third-order valence-corrected chi connectivity index (χ3v) is 5.31. The summed E-state index contributed by atoms with van der Waals surface area (Å²) in [4.78, 5) is 17.6. The average molecular weight is 381 g/mol. The van der Waals surface area contributed by atoms with Crippen molar-refractivity contribution in [3.05, 3.63) is 75.8 Å². The predicted molar refractivity (Wildman–Crippen MR) is 111 cm³/mol. The van der Waals surface area contributed by atoms with Gasteiger partial charge in [-0.1, -0.05) is 42.0 Å². The first kappa shape index (κ1) is 19.1. The lowest BCUT2D eigenvalue weighted by Crippen LogP contribution is -2.11. The molecule has 3 aromatic rings. The molecule has 140 valence electrons. The SMILES string of the molecule is COc1ccc(Cc2cnc(NC(=O)CCc3ccc(C)cc3)s2)cc1C. The number of amides is 1. The number of aromatic nitrogens is 1. The standard InChI is InChI=1S/C22H24N2O2S/c1-15-4-6-17(7-5-15)9-11-21(25)24-22-23-14-19(27-22)13-18-8-10-20(26-3)16(2)12-18/h4-8,10,12,14H,9,11,13H2,1-3H3,(H,23,24,25). The van der Waals surface area contributed by atoms with Gasteiger partial charge in [0.15, 0.2) is 5.13 Å². The monoisotopic (exact) mass is 380 g/mol. The van der Waals surface area contributed by atoms with E-state index in [0.29, 0.717) is 11.6 Å². The van der Waals surface area contributed by atoms with Crippen molar-refractivity contribution in [2.45, 2.75) is 33.1 Å². The Hall–Kier alpha value is -2.66. The van der Waals surface area contributed by atoms with Crippen molar-refractivity contribution in [3.8, 4) is 5.75 Å². The van der Waals surface area contributed by atoms with E-state index in [1.165, 1.54) is 28.0 Å². The van der Waals surface area contributed by atoms with Crippen LogP contribution in [0.25, 0.3) is 0 Å². The summed E-state index contributed by atoms with van der Waals surface area (Å²) < 4.78 is 5.30. The molecule has 1 amide bonds. The molecule has 3 rings (SSSR count). The van der Waals surface area contributed by atoms with Gasteiger partial charge in [-0.15, -0.1) is 11.3 Å². The molecule has 0 radical (unpaired) electrons. The van der Waals surface area contributed by atoms with Gasteiger partial charge in [0.2, 0.25) is 5.91 Å². The molecule has 27 heavy (non-hydrogen) atoms. The molecule has 0 saturated heterocycles. The number of nitrogens with one attached hydrogen (secondary N) is 1. The maximum absolute atomic E-state index is 12.2. The molecule has 4 nitrogen and oxygen atoms in total. The summed E-state index contributed by atoms with van der Waals surface area (Å²) >= 11 is 1.52. The van der Waals surface area contributed by atoms with E-state index in [9.17, 15) is 4.79 Å². The Morgan fingerprint density at radius 2 is 1.85 bits per heavy atom. The fourth-order valence-corrected chi connectivity index (χ4v) is 3.76. The van der Waals surface area contributed by atoms with Gasteiger partial charge in [-0.3, -0.25) is 4.79 Å². The summed E-state index contributed by atoms with van der Waals surface area (Å²) in [7, 11) is 1.68. The number of hydrogen-bond acceptors (Lipinski definition) is 4. The van der Waals surface area contributed by atoms with Crippen molar-refractivity contribution in [2.75, 3.05) is 12.4 Å². The molecule has 0 aliphatic heterocycles. The van der Waals surface area contributed by atoms with Crippen LogP contribution in [0, 0.1) is 13.8 Å². The molecule has 0 bridgehead atoms. The molecule has 0 atom stereocenters. The quantitative estimate of drug-likeness (QED) is 0.632. The van der Waals surface area contributed by atoms with E-state index in [1.54, 1.807) is 7.11 Å². The van der Waals surface area contributed by atoms with E-state index >= 15 is 0 Å². The Morgan fingerprint density at radius 3 is 2.56 bits per heavy atom. The fraction of sp³-hybridized carbons (Fsp3) is 0.273. The fourth-order valence-electron chi connectivity index (χ4n) is 2.89. The largest absolute Gasteiger partial charge is 0.496 e. The van der Waals surface area contributed by atoms with Crippen molar-refractivity contribution in [2.24, 2.45) is 0 Å². The molecule has 1 N–H and O–H groups in total. The van der Waals surface area contributed by atoms with Crippen LogP contribution in [0.5, 0.6) is 5.75 Å². The Labute approximate surface area is 164 Å². The average Bonchev–Trinajstić information content (AvgIpc) is 3.08. The minimum atomic E-state index is -0.00299. The summed E-state index contributed by atoms with van der Waals surface area (Å²) in [6.07, 6.45) is 3.81. The first-order valence-corrected chi connectivity index (χ1v) is 9.79. The van der Waals surface area contributed by atoms with Crippen LogP contribution in [0.15, 0.2) is 48.7 Å². The van der Waals surface area contributed by atoms with Gasteiger partial charge in [0.25, 0.3) is 0 Å². The zero-order valence-electron chi connectivity index (χ0n) is 15.9. The summed E-state index contributed by atoms with van der Waals surface area (Å²) in [5, 5.41) is 3.56. The van der Waals surface area contributed by atoms with Gasteiger partial charge in [-0.2, -0.15) is 0 Å². The normalized spacial score (nSPS) is 10.6. The van der Waals surface area contributed by atoms with Crippen LogP contribution in [-0.2, 0) is 17.6 Å². The molecule has 1 aromatic heterocycles. The van der Waals surface area contributed by atoms with Crippen molar-refractivity contribution < 1.29 is 9.53 Å². The first-order chi connectivity index (χ1) is 13.0. The van der Waals surface area contributed by atoms with Gasteiger partial charge >= 0.3 is 0 Å². The molecule has 0 spiro atoms.